The molecule has 10 heteroatoms. The first-order valence-corrected chi connectivity index (χ1v) is 8.67. The predicted octanol–water partition coefficient (Wildman–Crippen LogP) is 2.09. The van der Waals surface area contributed by atoms with Crippen molar-refractivity contribution in [3.63, 3.8) is 0 Å². The molecule has 0 aromatic rings. The van der Waals surface area contributed by atoms with Crippen molar-refractivity contribution in [3.8, 4) is 0 Å². The molecular weight excluding hydrogens is 339 g/mol. The first-order chi connectivity index (χ1) is 10.6. The zero-order chi connectivity index (χ0) is 17.3. The molecule has 23 heavy (non-hydrogen) atoms. The molecule has 0 unspecified atom stereocenters. The van der Waals surface area contributed by atoms with E-state index in [0.717, 1.165) is 0 Å². The summed E-state index contributed by atoms with van der Waals surface area (Å²) in [6.07, 6.45) is 3.99. The molecular formula is C13H18F3NO5S. The van der Waals surface area contributed by atoms with Crippen LogP contribution in [0.1, 0.15) is 32.1 Å². The molecule has 0 radical (unpaired) electrons. The van der Waals surface area contributed by atoms with E-state index in [-0.39, 0.29) is 24.1 Å². The standard InChI is InChI=1S/C13H18F3NO5S/c14-13(15,16)23(20,21)22-11-5-7-17(8-6-11)10-3-1-9(2-4-10)12(18)19/h5,9-10H,1-4,6-8H2,(H,18,19). The zero-order valence-corrected chi connectivity index (χ0v) is 13.1. The number of carboxylic acid groups (broad SMARTS) is 1. The average Bonchev–Trinajstić information content (AvgIpc) is 2.46. The van der Waals surface area contributed by atoms with Gasteiger partial charge in [-0.3, -0.25) is 9.69 Å². The summed E-state index contributed by atoms with van der Waals surface area (Å²) in [7, 11) is -5.61. The fourth-order valence-electron chi connectivity index (χ4n) is 2.95. The third kappa shape index (κ3) is 4.37. The van der Waals surface area contributed by atoms with Gasteiger partial charge >= 0.3 is 21.6 Å². The quantitative estimate of drug-likeness (QED) is 0.613. The molecule has 1 aliphatic heterocycles. The number of hydrogen-bond donors (Lipinski definition) is 1. The number of carboxylic acids is 1. The summed E-state index contributed by atoms with van der Waals surface area (Å²) < 4.78 is 62.8. The Morgan fingerprint density at radius 3 is 2.30 bits per heavy atom. The third-order valence-corrected chi connectivity index (χ3v) is 5.26. The molecule has 0 amide bonds. The highest BCUT2D eigenvalue weighted by Crippen LogP contribution is 2.31. The van der Waals surface area contributed by atoms with E-state index < -0.39 is 21.6 Å². The van der Waals surface area contributed by atoms with Crippen LogP contribution in [0.25, 0.3) is 0 Å². The molecule has 132 valence electrons. The summed E-state index contributed by atoms with van der Waals surface area (Å²) in [6.45, 7) is 0.687. The minimum Gasteiger partial charge on any atom is -0.481 e. The first-order valence-electron chi connectivity index (χ1n) is 7.27. The maximum absolute atomic E-state index is 12.3. The number of carbonyl (C=O) groups is 1. The zero-order valence-electron chi connectivity index (χ0n) is 12.3. The lowest BCUT2D eigenvalue weighted by Gasteiger charge is -2.37. The van der Waals surface area contributed by atoms with Crippen molar-refractivity contribution in [2.75, 3.05) is 13.1 Å². The van der Waals surface area contributed by atoms with Gasteiger partial charge in [0.25, 0.3) is 0 Å². The van der Waals surface area contributed by atoms with Gasteiger partial charge in [0.2, 0.25) is 0 Å². The van der Waals surface area contributed by atoms with Crippen LogP contribution in [0.15, 0.2) is 11.8 Å². The van der Waals surface area contributed by atoms with Gasteiger partial charge in [-0.15, -0.1) is 0 Å². The lowest BCUT2D eigenvalue weighted by molar-refractivity contribution is -0.143. The van der Waals surface area contributed by atoms with Crippen molar-refractivity contribution in [1.82, 2.24) is 4.90 Å². The molecule has 1 heterocycles. The van der Waals surface area contributed by atoms with Gasteiger partial charge in [0, 0.05) is 25.6 Å². The van der Waals surface area contributed by atoms with Crippen molar-refractivity contribution >= 4 is 16.1 Å². The molecule has 1 aliphatic carbocycles. The van der Waals surface area contributed by atoms with Crippen LogP contribution in [0.4, 0.5) is 13.2 Å². The Bertz CT molecular complexity index is 579. The summed E-state index contributed by atoms with van der Waals surface area (Å²) in [5, 5.41) is 8.96. The van der Waals surface area contributed by atoms with E-state index in [4.69, 9.17) is 5.11 Å². The minimum atomic E-state index is -5.61. The number of hydrogen-bond acceptors (Lipinski definition) is 5. The van der Waals surface area contributed by atoms with Crippen LogP contribution in [-0.4, -0.2) is 49.0 Å². The van der Waals surface area contributed by atoms with Gasteiger partial charge in [-0.1, -0.05) is 0 Å². The molecule has 1 saturated carbocycles. The summed E-state index contributed by atoms with van der Waals surface area (Å²) in [5.74, 6) is -1.32. The second-order valence-electron chi connectivity index (χ2n) is 5.74. The molecule has 0 aromatic heterocycles. The van der Waals surface area contributed by atoms with Crippen molar-refractivity contribution < 1.29 is 35.7 Å². The predicted molar refractivity (Wildman–Crippen MR) is 73.7 cm³/mol. The summed E-state index contributed by atoms with van der Waals surface area (Å²) in [4.78, 5) is 12.9. The number of aliphatic carboxylic acids is 1. The maximum atomic E-state index is 12.3. The number of rotatable bonds is 4. The molecule has 1 N–H and O–H groups in total. The topological polar surface area (TPSA) is 83.9 Å². The molecule has 0 aromatic carbocycles. The SMILES string of the molecule is O=C(O)C1CCC(N2CC=C(OS(=O)(=O)C(F)(F)F)CC2)CC1. The van der Waals surface area contributed by atoms with Crippen LogP contribution >= 0.6 is 0 Å². The monoisotopic (exact) mass is 357 g/mol. The Morgan fingerprint density at radius 1 is 1.26 bits per heavy atom. The second kappa shape index (κ2) is 6.68. The fourth-order valence-corrected chi connectivity index (χ4v) is 3.48. The number of alkyl halides is 3. The highest BCUT2D eigenvalue weighted by molar-refractivity contribution is 7.87. The molecule has 0 saturated heterocycles. The number of halogens is 3. The highest BCUT2D eigenvalue weighted by Gasteiger charge is 2.49. The second-order valence-corrected chi connectivity index (χ2v) is 7.28. The third-order valence-electron chi connectivity index (χ3n) is 4.26. The molecule has 0 atom stereocenters. The molecule has 6 nitrogen and oxygen atoms in total. The average molecular weight is 357 g/mol. The number of nitrogens with zero attached hydrogens (tertiary/aromatic N) is 1. The van der Waals surface area contributed by atoms with Crippen LogP contribution in [0.5, 0.6) is 0 Å². The van der Waals surface area contributed by atoms with E-state index in [0.29, 0.717) is 38.8 Å². The summed E-state index contributed by atoms with van der Waals surface area (Å²) in [5.41, 5.74) is -5.43. The van der Waals surface area contributed by atoms with Crippen molar-refractivity contribution in [2.45, 2.75) is 43.7 Å². The van der Waals surface area contributed by atoms with Gasteiger partial charge < -0.3 is 9.29 Å². The van der Waals surface area contributed by atoms with Crippen LogP contribution in [0, 0.1) is 5.92 Å². The fraction of sp³-hybridized carbons (Fsp3) is 0.769. The van der Waals surface area contributed by atoms with E-state index in [1.165, 1.54) is 6.08 Å². The molecule has 2 aliphatic rings. The largest absolute Gasteiger partial charge is 0.534 e. The first kappa shape index (κ1) is 18.1. The Balaban J connectivity index is 1.88. The van der Waals surface area contributed by atoms with Crippen molar-refractivity contribution in [2.24, 2.45) is 5.92 Å². The van der Waals surface area contributed by atoms with E-state index in [2.05, 4.69) is 4.18 Å². The summed E-state index contributed by atoms with van der Waals surface area (Å²) >= 11 is 0. The summed E-state index contributed by atoms with van der Waals surface area (Å²) in [6, 6.07) is 0.169. The highest BCUT2D eigenvalue weighted by atomic mass is 32.2. The van der Waals surface area contributed by atoms with Crippen LogP contribution in [0.2, 0.25) is 0 Å². The van der Waals surface area contributed by atoms with Gasteiger partial charge in [0.1, 0.15) is 5.76 Å². The normalized spacial score (nSPS) is 27.3. The van der Waals surface area contributed by atoms with Crippen molar-refractivity contribution in [3.05, 3.63) is 11.8 Å². The lowest BCUT2D eigenvalue weighted by atomic mass is 9.85. The minimum absolute atomic E-state index is 0.0775. The van der Waals surface area contributed by atoms with Gasteiger partial charge in [0.05, 0.1) is 5.92 Å². The van der Waals surface area contributed by atoms with E-state index in [9.17, 15) is 26.4 Å². The van der Waals surface area contributed by atoms with E-state index in [1.54, 1.807) is 0 Å². The van der Waals surface area contributed by atoms with E-state index >= 15 is 0 Å². The van der Waals surface area contributed by atoms with Gasteiger partial charge in [0.15, 0.2) is 0 Å². The smallest absolute Gasteiger partial charge is 0.481 e. The van der Waals surface area contributed by atoms with Gasteiger partial charge in [-0.2, -0.15) is 21.6 Å². The van der Waals surface area contributed by atoms with Gasteiger partial charge in [-0.05, 0) is 31.8 Å². The molecule has 0 bridgehead atoms. The van der Waals surface area contributed by atoms with Crippen molar-refractivity contribution in [1.29, 1.82) is 0 Å². The molecule has 0 spiro atoms. The Morgan fingerprint density at radius 2 is 1.87 bits per heavy atom. The van der Waals surface area contributed by atoms with Gasteiger partial charge in [-0.25, -0.2) is 0 Å². The van der Waals surface area contributed by atoms with Crippen LogP contribution in [0.3, 0.4) is 0 Å². The van der Waals surface area contributed by atoms with Crippen LogP contribution in [-0.2, 0) is 19.1 Å². The molecule has 1 fully saturated rings. The Hall–Kier alpha value is -1.29. The Labute approximate surface area is 132 Å². The Kier molecular flexibility index (Phi) is 5.24. The molecule has 2 rings (SSSR count). The maximum Gasteiger partial charge on any atom is 0.534 e. The lowest BCUT2D eigenvalue weighted by Crippen LogP contribution is -2.42. The van der Waals surface area contributed by atoms with E-state index in [1.807, 2.05) is 4.90 Å². The van der Waals surface area contributed by atoms with Crippen LogP contribution < -0.4 is 0 Å².